The molecular weight excluding hydrogens is 290 g/mol. The van der Waals surface area contributed by atoms with Gasteiger partial charge in [0.1, 0.15) is 5.75 Å². The van der Waals surface area contributed by atoms with Gasteiger partial charge in [0, 0.05) is 24.8 Å². The molecule has 0 unspecified atom stereocenters. The van der Waals surface area contributed by atoms with Crippen molar-refractivity contribution in [2.45, 2.75) is 13.1 Å². The van der Waals surface area contributed by atoms with Crippen LogP contribution in [0.2, 0.25) is 0 Å². The number of methoxy groups -OCH3 is 1. The van der Waals surface area contributed by atoms with Crippen LogP contribution in [0, 0.1) is 0 Å². The van der Waals surface area contributed by atoms with E-state index >= 15 is 0 Å². The van der Waals surface area contributed by atoms with Crippen molar-refractivity contribution in [2.75, 3.05) is 26.5 Å². The molecule has 0 aliphatic carbocycles. The molecule has 0 spiro atoms. The Morgan fingerprint density at radius 3 is 2.57 bits per heavy atom. The summed E-state index contributed by atoms with van der Waals surface area (Å²) in [5.74, 6) is 0.708. The molecular formula is C18H23N3O2. The third-order valence-corrected chi connectivity index (χ3v) is 3.27. The zero-order chi connectivity index (χ0) is 16.7. The molecule has 0 aromatic heterocycles. The number of nitrogens with zero attached hydrogens (tertiary/aromatic N) is 1. The predicted octanol–water partition coefficient (Wildman–Crippen LogP) is 3.08. The topological polar surface area (TPSA) is 53.6 Å². The number of hydrogen-bond acceptors (Lipinski definition) is 3. The fourth-order valence-corrected chi connectivity index (χ4v) is 2.26. The van der Waals surface area contributed by atoms with Crippen molar-refractivity contribution in [1.29, 1.82) is 0 Å². The second-order valence-electron chi connectivity index (χ2n) is 5.60. The molecule has 0 fully saturated rings. The van der Waals surface area contributed by atoms with Crippen LogP contribution in [0.4, 0.5) is 10.5 Å². The van der Waals surface area contributed by atoms with Crippen LogP contribution in [0.3, 0.4) is 0 Å². The van der Waals surface area contributed by atoms with Crippen molar-refractivity contribution in [3.8, 4) is 5.75 Å². The first-order chi connectivity index (χ1) is 11.1. The summed E-state index contributed by atoms with van der Waals surface area (Å²) in [4.78, 5) is 14.1. The van der Waals surface area contributed by atoms with Crippen molar-refractivity contribution in [3.05, 3.63) is 59.7 Å². The first kappa shape index (κ1) is 16.8. The largest absolute Gasteiger partial charge is 0.497 e. The Morgan fingerprint density at radius 2 is 1.83 bits per heavy atom. The van der Waals surface area contributed by atoms with Crippen molar-refractivity contribution in [1.82, 2.24) is 10.2 Å². The molecule has 2 aromatic carbocycles. The molecule has 2 amide bonds. The smallest absolute Gasteiger partial charge is 0.319 e. The van der Waals surface area contributed by atoms with E-state index in [1.54, 1.807) is 13.2 Å². The van der Waals surface area contributed by atoms with Gasteiger partial charge < -0.3 is 20.3 Å². The summed E-state index contributed by atoms with van der Waals surface area (Å²) >= 11 is 0. The predicted molar refractivity (Wildman–Crippen MR) is 92.7 cm³/mol. The van der Waals surface area contributed by atoms with Gasteiger partial charge in [-0.2, -0.15) is 0 Å². The lowest BCUT2D eigenvalue weighted by Crippen LogP contribution is -2.28. The standard InChI is InChI=1S/C18H23N3O2/c1-21(2)13-15-7-4-6-14(10-15)12-19-18(22)20-16-8-5-9-17(11-16)23-3/h4-11H,12-13H2,1-3H3,(H2,19,20,22). The number of hydrogen-bond donors (Lipinski definition) is 2. The lowest BCUT2D eigenvalue weighted by atomic mass is 10.1. The van der Waals surface area contributed by atoms with E-state index in [4.69, 9.17) is 4.74 Å². The highest BCUT2D eigenvalue weighted by Crippen LogP contribution is 2.16. The van der Waals surface area contributed by atoms with Crippen molar-refractivity contribution in [3.63, 3.8) is 0 Å². The number of urea groups is 1. The average Bonchev–Trinajstić information content (AvgIpc) is 2.53. The number of nitrogens with one attached hydrogen (secondary N) is 2. The van der Waals surface area contributed by atoms with Gasteiger partial charge >= 0.3 is 6.03 Å². The molecule has 0 bridgehead atoms. The second kappa shape index (κ2) is 8.19. The monoisotopic (exact) mass is 313 g/mol. The Morgan fingerprint density at radius 1 is 1.09 bits per heavy atom. The van der Waals surface area contributed by atoms with Gasteiger partial charge in [-0.05, 0) is 37.4 Å². The normalized spacial score (nSPS) is 10.4. The molecule has 5 heteroatoms. The number of carbonyl (C=O) groups excluding carboxylic acids is 1. The zero-order valence-electron chi connectivity index (χ0n) is 13.8. The zero-order valence-corrected chi connectivity index (χ0v) is 13.8. The minimum absolute atomic E-state index is 0.240. The van der Waals surface area contributed by atoms with Crippen molar-refractivity contribution < 1.29 is 9.53 Å². The summed E-state index contributed by atoms with van der Waals surface area (Å²) in [5.41, 5.74) is 3.00. The van der Waals surface area contributed by atoms with Gasteiger partial charge in [0.15, 0.2) is 0 Å². The molecule has 5 nitrogen and oxygen atoms in total. The Hall–Kier alpha value is -2.53. The Balaban J connectivity index is 1.88. The van der Waals surface area contributed by atoms with Gasteiger partial charge in [-0.25, -0.2) is 4.79 Å². The van der Waals surface area contributed by atoms with E-state index in [2.05, 4.69) is 27.7 Å². The van der Waals surface area contributed by atoms with Crippen LogP contribution in [0.25, 0.3) is 0 Å². The summed E-state index contributed by atoms with van der Waals surface area (Å²) in [6, 6.07) is 15.2. The third-order valence-electron chi connectivity index (χ3n) is 3.27. The minimum atomic E-state index is -0.240. The highest BCUT2D eigenvalue weighted by atomic mass is 16.5. The molecule has 0 saturated carbocycles. The second-order valence-corrected chi connectivity index (χ2v) is 5.60. The van der Waals surface area contributed by atoms with Crippen molar-refractivity contribution >= 4 is 11.7 Å². The molecule has 0 aliphatic heterocycles. The molecule has 0 heterocycles. The fourth-order valence-electron chi connectivity index (χ4n) is 2.26. The number of rotatable bonds is 6. The average molecular weight is 313 g/mol. The number of carbonyl (C=O) groups is 1. The van der Waals surface area contributed by atoms with Gasteiger partial charge in [-0.15, -0.1) is 0 Å². The molecule has 2 aromatic rings. The van der Waals surface area contributed by atoms with Gasteiger partial charge in [-0.1, -0.05) is 30.3 Å². The number of benzene rings is 2. The van der Waals surface area contributed by atoms with Gasteiger partial charge in [0.05, 0.1) is 7.11 Å². The lowest BCUT2D eigenvalue weighted by Gasteiger charge is -2.12. The van der Waals surface area contributed by atoms with E-state index in [1.807, 2.05) is 44.4 Å². The Kier molecular flexibility index (Phi) is 6.00. The maximum atomic E-state index is 12.0. The quantitative estimate of drug-likeness (QED) is 0.862. The maximum absolute atomic E-state index is 12.0. The Bertz CT molecular complexity index is 656. The third kappa shape index (κ3) is 5.64. The van der Waals surface area contributed by atoms with E-state index in [-0.39, 0.29) is 6.03 Å². The Labute approximate surface area is 137 Å². The molecule has 2 rings (SSSR count). The van der Waals surface area contributed by atoms with E-state index < -0.39 is 0 Å². The van der Waals surface area contributed by atoms with Gasteiger partial charge in [0.25, 0.3) is 0 Å². The van der Waals surface area contributed by atoms with Crippen LogP contribution in [0.1, 0.15) is 11.1 Å². The minimum Gasteiger partial charge on any atom is -0.497 e. The van der Waals surface area contributed by atoms with Crippen LogP contribution < -0.4 is 15.4 Å². The van der Waals surface area contributed by atoms with Crippen LogP contribution in [0.15, 0.2) is 48.5 Å². The molecule has 122 valence electrons. The first-order valence-corrected chi connectivity index (χ1v) is 7.48. The first-order valence-electron chi connectivity index (χ1n) is 7.48. The van der Waals surface area contributed by atoms with E-state index in [1.165, 1.54) is 5.56 Å². The molecule has 0 saturated heterocycles. The summed E-state index contributed by atoms with van der Waals surface area (Å²) < 4.78 is 5.13. The molecule has 0 atom stereocenters. The lowest BCUT2D eigenvalue weighted by molar-refractivity contribution is 0.251. The molecule has 0 radical (unpaired) electrons. The van der Waals surface area contributed by atoms with Gasteiger partial charge in [-0.3, -0.25) is 0 Å². The number of anilines is 1. The van der Waals surface area contributed by atoms with Crippen LogP contribution in [-0.4, -0.2) is 32.1 Å². The number of amides is 2. The van der Waals surface area contributed by atoms with Gasteiger partial charge in [0.2, 0.25) is 0 Å². The maximum Gasteiger partial charge on any atom is 0.319 e. The highest BCUT2D eigenvalue weighted by Gasteiger charge is 2.04. The molecule has 0 aliphatic rings. The summed E-state index contributed by atoms with van der Waals surface area (Å²) in [6.07, 6.45) is 0. The van der Waals surface area contributed by atoms with Crippen LogP contribution >= 0.6 is 0 Å². The fraction of sp³-hybridized carbons (Fsp3) is 0.278. The number of ether oxygens (including phenoxy) is 1. The SMILES string of the molecule is COc1cccc(NC(=O)NCc2cccc(CN(C)C)c2)c1. The highest BCUT2D eigenvalue weighted by molar-refractivity contribution is 5.89. The summed E-state index contributed by atoms with van der Waals surface area (Å²) in [5, 5.41) is 5.66. The van der Waals surface area contributed by atoms with Crippen molar-refractivity contribution in [2.24, 2.45) is 0 Å². The summed E-state index contributed by atoms with van der Waals surface area (Å²) in [6.45, 7) is 1.36. The summed E-state index contributed by atoms with van der Waals surface area (Å²) in [7, 11) is 5.67. The van der Waals surface area contributed by atoms with E-state index in [0.29, 0.717) is 18.0 Å². The van der Waals surface area contributed by atoms with Crippen LogP contribution in [-0.2, 0) is 13.1 Å². The van der Waals surface area contributed by atoms with Crippen LogP contribution in [0.5, 0.6) is 5.75 Å². The van der Waals surface area contributed by atoms with E-state index in [9.17, 15) is 4.79 Å². The molecule has 23 heavy (non-hydrogen) atoms. The molecule has 2 N–H and O–H groups in total. The van der Waals surface area contributed by atoms with E-state index in [0.717, 1.165) is 12.1 Å².